The average molecular weight is 353 g/mol. The summed E-state index contributed by atoms with van der Waals surface area (Å²) in [6, 6.07) is 3.46. The third kappa shape index (κ3) is 4.15. The zero-order valence-electron chi connectivity index (χ0n) is 13.7. The lowest BCUT2D eigenvalue weighted by Crippen LogP contribution is -2.38. The SMILES string of the molecule is Cc1ccnc(N2CCC(Cn3nc(C(F)(F)F)ccc3=O)CC2)n1. The minimum absolute atomic E-state index is 0.0924. The van der Waals surface area contributed by atoms with Gasteiger partial charge in [-0.15, -0.1) is 0 Å². The van der Waals surface area contributed by atoms with E-state index in [1.165, 1.54) is 0 Å². The molecule has 2 aromatic heterocycles. The van der Waals surface area contributed by atoms with Gasteiger partial charge in [0.05, 0.1) is 0 Å². The Bertz CT molecular complexity index is 797. The van der Waals surface area contributed by atoms with Gasteiger partial charge in [0.15, 0.2) is 5.69 Å². The highest BCUT2D eigenvalue weighted by Gasteiger charge is 2.33. The van der Waals surface area contributed by atoms with Gasteiger partial charge in [-0.1, -0.05) is 0 Å². The first-order chi connectivity index (χ1) is 11.8. The van der Waals surface area contributed by atoms with E-state index in [9.17, 15) is 18.0 Å². The molecule has 134 valence electrons. The Kier molecular flexibility index (Phi) is 4.73. The molecule has 0 spiro atoms. The number of halogens is 3. The van der Waals surface area contributed by atoms with E-state index >= 15 is 0 Å². The Balaban J connectivity index is 1.65. The molecule has 0 amide bonds. The number of alkyl halides is 3. The van der Waals surface area contributed by atoms with E-state index in [0.29, 0.717) is 19.0 Å². The topological polar surface area (TPSA) is 63.9 Å². The van der Waals surface area contributed by atoms with Gasteiger partial charge in [0, 0.05) is 37.6 Å². The second-order valence-corrected chi connectivity index (χ2v) is 6.17. The number of aromatic nitrogens is 4. The molecular formula is C16H18F3N5O. The fourth-order valence-electron chi connectivity index (χ4n) is 2.88. The molecule has 25 heavy (non-hydrogen) atoms. The Hall–Kier alpha value is -2.45. The van der Waals surface area contributed by atoms with Crippen LogP contribution >= 0.6 is 0 Å². The van der Waals surface area contributed by atoms with Crippen LogP contribution in [0.1, 0.15) is 24.2 Å². The second kappa shape index (κ2) is 6.81. The molecule has 0 unspecified atom stereocenters. The van der Waals surface area contributed by atoms with Crippen molar-refractivity contribution >= 4 is 5.95 Å². The standard InChI is InChI=1S/C16H18F3N5O/c1-11-4-7-20-15(21-11)23-8-5-12(6-9-23)10-24-14(25)3-2-13(22-24)16(17,18)19/h2-4,7,12H,5-6,8-10H2,1H3. The molecule has 0 radical (unpaired) electrons. The van der Waals surface area contributed by atoms with Crippen LogP contribution in [-0.4, -0.2) is 32.8 Å². The Morgan fingerprint density at radius 1 is 1.20 bits per heavy atom. The van der Waals surface area contributed by atoms with Gasteiger partial charge in [-0.2, -0.15) is 18.3 Å². The van der Waals surface area contributed by atoms with Crippen LogP contribution in [0.15, 0.2) is 29.2 Å². The van der Waals surface area contributed by atoms with Crippen molar-refractivity contribution in [1.82, 2.24) is 19.7 Å². The number of anilines is 1. The highest BCUT2D eigenvalue weighted by Crippen LogP contribution is 2.27. The van der Waals surface area contributed by atoms with E-state index in [-0.39, 0.29) is 12.5 Å². The van der Waals surface area contributed by atoms with Crippen LogP contribution in [0.2, 0.25) is 0 Å². The largest absolute Gasteiger partial charge is 0.435 e. The summed E-state index contributed by atoms with van der Waals surface area (Å²) in [7, 11) is 0. The Morgan fingerprint density at radius 3 is 2.56 bits per heavy atom. The van der Waals surface area contributed by atoms with Crippen molar-refractivity contribution in [2.45, 2.75) is 32.5 Å². The zero-order valence-corrected chi connectivity index (χ0v) is 13.7. The van der Waals surface area contributed by atoms with Crippen LogP contribution in [0.4, 0.5) is 19.1 Å². The lowest BCUT2D eigenvalue weighted by Gasteiger charge is -2.32. The van der Waals surface area contributed by atoms with Gasteiger partial charge in [-0.05, 0) is 37.8 Å². The molecule has 2 aromatic rings. The van der Waals surface area contributed by atoms with Gasteiger partial charge < -0.3 is 4.90 Å². The van der Waals surface area contributed by atoms with Gasteiger partial charge in [0.25, 0.3) is 5.56 Å². The predicted octanol–water partition coefficient (Wildman–Crippen LogP) is 2.28. The highest BCUT2D eigenvalue weighted by molar-refractivity contribution is 5.30. The van der Waals surface area contributed by atoms with Crippen molar-refractivity contribution in [1.29, 1.82) is 0 Å². The third-order valence-corrected chi connectivity index (χ3v) is 4.27. The van der Waals surface area contributed by atoms with Crippen LogP contribution in [0.3, 0.4) is 0 Å². The van der Waals surface area contributed by atoms with Crippen LogP contribution < -0.4 is 10.5 Å². The predicted molar refractivity (Wildman–Crippen MR) is 85.2 cm³/mol. The molecule has 0 saturated carbocycles. The fraction of sp³-hybridized carbons (Fsp3) is 0.500. The maximum atomic E-state index is 12.8. The summed E-state index contributed by atoms with van der Waals surface area (Å²) >= 11 is 0. The van der Waals surface area contributed by atoms with Crippen LogP contribution in [0.5, 0.6) is 0 Å². The number of nitrogens with zero attached hydrogens (tertiary/aromatic N) is 5. The van der Waals surface area contributed by atoms with Crippen molar-refractivity contribution < 1.29 is 13.2 Å². The summed E-state index contributed by atoms with van der Waals surface area (Å²) in [6.07, 6.45) is -1.37. The van der Waals surface area contributed by atoms with E-state index in [2.05, 4.69) is 15.1 Å². The molecular weight excluding hydrogens is 335 g/mol. The number of piperidine rings is 1. The highest BCUT2D eigenvalue weighted by atomic mass is 19.4. The molecule has 0 bridgehead atoms. The number of rotatable bonds is 3. The zero-order chi connectivity index (χ0) is 18.0. The van der Waals surface area contributed by atoms with E-state index in [1.54, 1.807) is 6.20 Å². The summed E-state index contributed by atoms with van der Waals surface area (Å²) < 4.78 is 39.2. The van der Waals surface area contributed by atoms with Crippen LogP contribution in [0, 0.1) is 12.8 Å². The Labute approximate surface area is 142 Å². The van der Waals surface area contributed by atoms with Crippen LogP contribution in [-0.2, 0) is 12.7 Å². The molecule has 1 saturated heterocycles. The van der Waals surface area contributed by atoms with E-state index < -0.39 is 17.4 Å². The summed E-state index contributed by atoms with van der Waals surface area (Å²) in [5.41, 5.74) is -0.679. The molecule has 0 N–H and O–H groups in total. The van der Waals surface area contributed by atoms with Crippen molar-refractivity contribution in [2.24, 2.45) is 5.92 Å². The van der Waals surface area contributed by atoms with Crippen molar-refractivity contribution in [2.75, 3.05) is 18.0 Å². The number of hydrogen-bond donors (Lipinski definition) is 0. The van der Waals surface area contributed by atoms with Gasteiger partial charge in [-0.3, -0.25) is 4.79 Å². The summed E-state index contributed by atoms with van der Waals surface area (Å²) in [4.78, 5) is 22.5. The van der Waals surface area contributed by atoms with Gasteiger partial charge >= 0.3 is 6.18 Å². The lowest BCUT2D eigenvalue weighted by atomic mass is 9.97. The monoisotopic (exact) mass is 353 g/mol. The number of aryl methyl sites for hydroxylation is 1. The second-order valence-electron chi connectivity index (χ2n) is 6.17. The van der Waals surface area contributed by atoms with Gasteiger partial charge in [-0.25, -0.2) is 14.6 Å². The number of hydrogen-bond acceptors (Lipinski definition) is 5. The quantitative estimate of drug-likeness (QED) is 0.847. The molecule has 6 nitrogen and oxygen atoms in total. The maximum Gasteiger partial charge on any atom is 0.435 e. The average Bonchev–Trinajstić information content (AvgIpc) is 2.56. The van der Waals surface area contributed by atoms with Crippen molar-refractivity contribution in [3.8, 4) is 0 Å². The first-order valence-corrected chi connectivity index (χ1v) is 8.03. The van der Waals surface area contributed by atoms with Gasteiger partial charge in [0.2, 0.25) is 5.95 Å². The van der Waals surface area contributed by atoms with Crippen molar-refractivity contribution in [3.05, 3.63) is 46.1 Å². The van der Waals surface area contributed by atoms with E-state index in [4.69, 9.17) is 0 Å². The van der Waals surface area contributed by atoms with E-state index in [0.717, 1.165) is 35.4 Å². The smallest absolute Gasteiger partial charge is 0.341 e. The lowest BCUT2D eigenvalue weighted by molar-refractivity contribution is -0.142. The Morgan fingerprint density at radius 2 is 1.92 bits per heavy atom. The molecule has 1 aliphatic heterocycles. The van der Waals surface area contributed by atoms with Gasteiger partial charge in [0.1, 0.15) is 0 Å². The minimum atomic E-state index is -4.55. The maximum absolute atomic E-state index is 12.8. The summed E-state index contributed by atoms with van der Waals surface area (Å²) in [5.74, 6) is 0.752. The first-order valence-electron chi connectivity index (χ1n) is 8.03. The molecule has 9 heteroatoms. The van der Waals surface area contributed by atoms with E-state index in [1.807, 2.05) is 17.9 Å². The fourth-order valence-corrected chi connectivity index (χ4v) is 2.88. The minimum Gasteiger partial charge on any atom is -0.341 e. The molecule has 0 aliphatic carbocycles. The molecule has 0 aromatic carbocycles. The van der Waals surface area contributed by atoms with Crippen molar-refractivity contribution in [3.63, 3.8) is 0 Å². The molecule has 3 rings (SSSR count). The molecule has 0 atom stereocenters. The summed E-state index contributed by atoms with van der Waals surface area (Å²) in [6.45, 7) is 3.47. The molecule has 1 aliphatic rings. The first kappa shape index (κ1) is 17.4. The normalized spacial score (nSPS) is 16.2. The van der Waals surface area contributed by atoms with Crippen LogP contribution in [0.25, 0.3) is 0 Å². The molecule has 3 heterocycles. The summed E-state index contributed by atoms with van der Waals surface area (Å²) in [5, 5.41) is 3.47. The third-order valence-electron chi connectivity index (χ3n) is 4.27. The molecule has 1 fully saturated rings.